The molecule has 1 N–H and O–H groups in total. The molecule has 0 bridgehead atoms. The van der Waals surface area contributed by atoms with E-state index in [-0.39, 0.29) is 12.7 Å². The summed E-state index contributed by atoms with van der Waals surface area (Å²) in [6.07, 6.45) is 5.25. The summed E-state index contributed by atoms with van der Waals surface area (Å²) in [5.41, 5.74) is 1.67. The molecule has 0 unspecified atom stereocenters. The topological polar surface area (TPSA) is 47.6 Å². The maximum atomic E-state index is 12.0. The molecule has 3 rings (SSSR count). The molecule has 22 heavy (non-hydrogen) atoms. The van der Waals surface area contributed by atoms with Crippen LogP contribution in [0.1, 0.15) is 5.56 Å². The first-order valence-electron chi connectivity index (χ1n) is 6.77. The summed E-state index contributed by atoms with van der Waals surface area (Å²) >= 11 is 1.64. The van der Waals surface area contributed by atoms with Crippen molar-refractivity contribution in [2.45, 2.75) is 4.90 Å². The summed E-state index contributed by atoms with van der Waals surface area (Å²) in [5, 5.41) is 2.84. The van der Waals surface area contributed by atoms with Gasteiger partial charge in [0.1, 0.15) is 0 Å². The minimum absolute atomic E-state index is 0.170. The molecule has 0 fully saturated rings. The predicted octanol–water partition coefficient (Wildman–Crippen LogP) is 3.79. The third-order valence-corrected chi connectivity index (χ3v) is 3.89. The predicted molar refractivity (Wildman–Crippen MR) is 88.5 cm³/mol. The van der Waals surface area contributed by atoms with Crippen molar-refractivity contribution in [3.05, 3.63) is 54.1 Å². The standard InChI is InChI=1S/C17H15NO3S/c1-22-14-4-2-3-13(10-14)18-17(19)8-6-12-5-7-15-16(9-12)21-11-20-15/h2-10H,11H2,1H3,(H,18,19)/b8-6+. The van der Waals surface area contributed by atoms with E-state index in [0.717, 1.165) is 21.9 Å². The molecular weight excluding hydrogens is 298 g/mol. The quantitative estimate of drug-likeness (QED) is 0.689. The van der Waals surface area contributed by atoms with Gasteiger partial charge in [-0.05, 0) is 48.2 Å². The fourth-order valence-electron chi connectivity index (χ4n) is 2.07. The third kappa shape index (κ3) is 3.43. The number of hydrogen-bond acceptors (Lipinski definition) is 4. The van der Waals surface area contributed by atoms with E-state index < -0.39 is 0 Å². The zero-order valence-corrected chi connectivity index (χ0v) is 12.9. The van der Waals surface area contributed by atoms with E-state index in [1.165, 1.54) is 6.08 Å². The van der Waals surface area contributed by atoms with Gasteiger partial charge in [-0.1, -0.05) is 12.1 Å². The summed E-state index contributed by atoms with van der Waals surface area (Å²) in [7, 11) is 0. The molecule has 0 aliphatic carbocycles. The van der Waals surface area contributed by atoms with E-state index in [1.807, 2.05) is 48.7 Å². The summed E-state index contributed by atoms with van der Waals surface area (Å²) in [5.74, 6) is 1.27. The molecular formula is C17H15NO3S. The second-order valence-corrected chi connectivity index (χ2v) is 5.55. The molecule has 0 saturated heterocycles. The normalized spacial score (nSPS) is 12.6. The Morgan fingerprint density at radius 3 is 2.91 bits per heavy atom. The van der Waals surface area contributed by atoms with Crippen LogP contribution in [0.3, 0.4) is 0 Å². The Morgan fingerprint density at radius 1 is 1.18 bits per heavy atom. The van der Waals surface area contributed by atoms with Gasteiger partial charge in [0.25, 0.3) is 0 Å². The fourth-order valence-corrected chi connectivity index (χ4v) is 2.53. The van der Waals surface area contributed by atoms with Gasteiger partial charge in [-0.25, -0.2) is 0 Å². The number of carbonyl (C=O) groups excluding carboxylic acids is 1. The van der Waals surface area contributed by atoms with Crippen molar-refractivity contribution in [3.8, 4) is 11.5 Å². The molecule has 0 aromatic heterocycles. The van der Waals surface area contributed by atoms with Gasteiger partial charge in [0.15, 0.2) is 11.5 Å². The van der Waals surface area contributed by atoms with Crippen LogP contribution < -0.4 is 14.8 Å². The molecule has 0 atom stereocenters. The number of carbonyl (C=O) groups is 1. The molecule has 112 valence electrons. The lowest BCUT2D eigenvalue weighted by molar-refractivity contribution is -0.111. The van der Waals surface area contributed by atoms with Gasteiger partial charge in [0, 0.05) is 16.7 Å². The maximum absolute atomic E-state index is 12.0. The highest BCUT2D eigenvalue weighted by Gasteiger charge is 2.12. The molecule has 5 heteroatoms. The molecule has 1 heterocycles. The average molecular weight is 313 g/mol. The van der Waals surface area contributed by atoms with Crippen LogP contribution in [0.25, 0.3) is 6.08 Å². The summed E-state index contributed by atoms with van der Waals surface area (Å²) in [6.45, 7) is 0.245. The summed E-state index contributed by atoms with van der Waals surface area (Å²) in [4.78, 5) is 13.1. The van der Waals surface area contributed by atoms with Crippen LogP contribution in [0.5, 0.6) is 11.5 Å². The number of amides is 1. The van der Waals surface area contributed by atoms with Crippen LogP contribution in [0, 0.1) is 0 Å². The highest BCUT2D eigenvalue weighted by atomic mass is 32.2. The number of benzene rings is 2. The SMILES string of the molecule is CSc1cccc(NC(=O)/C=C/c2ccc3c(c2)OCO3)c1. The van der Waals surface area contributed by atoms with Crippen LogP contribution >= 0.6 is 11.8 Å². The number of rotatable bonds is 4. The Morgan fingerprint density at radius 2 is 2.05 bits per heavy atom. The van der Waals surface area contributed by atoms with Gasteiger partial charge < -0.3 is 14.8 Å². The number of fused-ring (bicyclic) bond motifs is 1. The van der Waals surface area contributed by atoms with Crippen molar-refractivity contribution in [2.24, 2.45) is 0 Å². The monoisotopic (exact) mass is 313 g/mol. The minimum Gasteiger partial charge on any atom is -0.454 e. The molecule has 1 aliphatic rings. The zero-order valence-electron chi connectivity index (χ0n) is 12.0. The van der Waals surface area contributed by atoms with Crippen molar-refractivity contribution in [3.63, 3.8) is 0 Å². The second-order valence-electron chi connectivity index (χ2n) is 4.67. The summed E-state index contributed by atoms with van der Waals surface area (Å²) in [6, 6.07) is 13.3. The first-order chi connectivity index (χ1) is 10.7. The molecule has 0 spiro atoms. The van der Waals surface area contributed by atoms with Gasteiger partial charge >= 0.3 is 0 Å². The van der Waals surface area contributed by atoms with Gasteiger partial charge in [0.05, 0.1) is 0 Å². The van der Waals surface area contributed by atoms with Crippen LogP contribution in [0.4, 0.5) is 5.69 Å². The number of ether oxygens (including phenoxy) is 2. The van der Waals surface area contributed by atoms with Gasteiger partial charge in [0.2, 0.25) is 12.7 Å². The fraction of sp³-hybridized carbons (Fsp3) is 0.118. The first-order valence-corrected chi connectivity index (χ1v) is 8.00. The Balaban J connectivity index is 1.66. The van der Waals surface area contributed by atoms with Crippen LogP contribution in [-0.2, 0) is 4.79 Å². The third-order valence-electron chi connectivity index (χ3n) is 3.16. The van der Waals surface area contributed by atoms with E-state index in [0.29, 0.717) is 5.75 Å². The van der Waals surface area contributed by atoms with E-state index in [1.54, 1.807) is 17.8 Å². The summed E-state index contributed by atoms with van der Waals surface area (Å²) < 4.78 is 10.6. The van der Waals surface area contributed by atoms with Crippen LogP contribution in [0.2, 0.25) is 0 Å². The van der Waals surface area contributed by atoms with Crippen molar-refractivity contribution < 1.29 is 14.3 Å². The highest BCUT2D eigenvalue weighted by Crippen LogP contribution is 2.32. The molecule has 2 aromatic carbocycles. The molecule has 4 nitrogen and oxygen atoms in total. The zero-order chi connectivity index (χ0) is 15.4. The lowest BCUT2D eigenvalue weighted by Gasteiger charge is -2.04. The largest absolute Gasteiger partial charge is 0.454 e. The van der Waals surface area contributed by atoms with Crippen LogP contribution in [0.15, 0.2) is 53.4 Å². The number of hydrogen-bond donors (Lipinski definition) is 1. The number of anilines is 1. The van der Waals surface area contributed by atoms with Gasteiger partial charge in [-0.3, -0.25) is 4.79 Å². The van der Waals surface area contributed by atoms with Crippen LogP contribution in [-0.4, -0.2) is 19.0 Å². The average Bonchev–Trinajstić information content (AvgIpc) is 3.00. The van der Waals surface area contributed by atoms with Crippen molar-refractivity contribution in [1.82, 2.24) is 0 Å². The smallest absolute Gasteiger partial charge is 0.248 e. The Labute approximate surface area is 133 Å². The first kappa shape index (κ1) is 14.5. The highest BCUT2D eigenvalue weighted by molar-refractivity contribution is 7.98. The van der Waals surface area contributed by atoms with E-state index in [4.69, 9.17) is 9.47 Å². The van der Waals surface area contributed by atoms with Gasteiger partial charge in [-0.15, -0.1) is 11.8 Å². The Kier molecular flexibility index (Phi) is 4.34. The van der Waals surface area contributed by atoms with E-state index in [2.05, 4.69) is 5.32 Å². The Hall–Kier alpha value is -2.40. The molecule has 1 amide bonds. The number of nitrogens with one attached hydrogen (secondary N) is 1. The van der Waals surface area contributed by atoms with E-state index in [9.17, 15) is 4.79 Å². The lowest BCUT2D eigenvalue weighted by atomic mass is 10.2. The molecule has 2 aromatic rings. The number of thioether (sulfide) groups is 1. The maximum Gasteiger partial charge on any atom is 0.248 e. The Bertz CT molecular complexity index is 728. The van der Waals surface area contributed by atoms with Crippen molar-refractivity contribution in [1.29, 1.82) is 0 Å². The minimum atomic E-state index is -0.170. The lowest BCUT2D eigenvalue weighted by Crippen LogP contribution is -2.07. The molecule has 0 saturated carbocycles. The van der Waals surface area contributed by atoms with E-state index >= 15 is 0 Å². The van der Waals surface area contributed by atoms with Crippen molar-refractivity contribution in [2.75, 3.05) is 18.4 Å². The van der Waals surface area contributed by atoms with Gasteiger partial charge in [-0.2, -0.15) is 0 Å². The molecule has 1 aliphatic heterocycles. The van der Waals surface area contributed by atoms with Crippen molar-refractivity contribution >= 4 is 29.4 Å². The molecule has 0 radical (unpaired) electrons. The second kappa shape index (κ2) is 6.58.